The maximum absolute atomic E-state index is 13.0. The summed E-state index contributed by atoms with van der Waals surface area (Å²) in [5, 5.41) is 0. The fourth-order valence-corrected chi connectivity index (χ4v) is 1.37. The van der Waals surface area contributed by atoms with Gasteiger partial charge in [0.1, 0.15) is 5.82 Å². The van der Waals surface area contributed by atoms with E-state index in [1.54, 1.807) is 0 Å². The molecular formula is C11H11F4NO2. The number of hydrogen-bond acceptors (Lipinski definition) is 3. The van der Waals surface area contributed by atoms with Gasteiger partial charge in [-0.25, -0.2) is 4.39 Å². The Morgan fingerprint density at radius 2 is 2.06 bits per heavy atom. The van der Waals surface area contributed by atoms with Crippen LogP contribution in [-0.4, -0.2) is 13.1 Å². The zero-order valence-corrected chi connectivity index (χ0v) is 9.42. The number of carbonyl (C=O) groups excluding carboxylic acids is 1. The summed E-state index contributed by atoms with van der Waals surface area (Å²) in [6, 6.07) is 1.41. The molecule has 1 rings (SSSR count). The van der Waals surface area contributed by atoms with Crippen LogP contribution in [0.4, 0.5) is 17.6 Å². The second-order valence-electron chi connectivity index (χ2n) is 3.62. The summed E-state index contributed by atoms with van der Waals surface area (Å²) in [6.45, 7) is 0. The summed E-state index contributed by atoms with van der Waals surface area (Å²) < 4.78 is 54.7. The molecule has 0 unspecified atom stereocenters. The van der Waals surface area contributed by atoms with Crippen molar-refractivity contribution in [3.8, 4) is 0 Å². The van der Waals surface area contributed by atoms with Crippen LogP contribution in [0.2, 0.25) is 0 Å². The fourth-order valence-electron chi connectivity index (χ4n) is 1.37. The molecule has 100 valence electrons. The summed E-state index contributed by atoms with van der Waals surface area (Å²) >= 11 is 0. The van der Waals surface area contributed by atoms with Gasteiger partial charge in [0.15, 0.2) is 0 Å². The third-order valence-electron chi connectivity index (χ3n) is 2.34. The summed E-state index contributed by atoms with van der Waals surface area (Å²) in [6.07, 6.45) is -5.08. The average Bonchev–Trinajstić information content (AvgIpc) is 2.27. The number of hydrogen-bond donors (Lipinski definition) is 1. The van der Waals surface area contributed by atoms with E-state index in [1.807, 2.05) is 0 Å². The van der Waals surface area contributed by atoms with Crippen LogP contribution in [0.3, 0.4) is 0 Å². The van der Waals surface area contributed by atoms with Crippen LogP contribution in [-0.2, 0) is 15.7 Å². The van der Waals surface area contributed by atoms with E-state index >= 15 is 0 Å². The third kappa shape index (κ3) is 3.43. The zero-order valence-electron chi connectivity index (χ0n) is 9.42. The van der Waals surface area contributed by atoms with Crippen molar-refractivity contribution in [2.24, 2.45) is 5.73 Å². The predicted molar refractivity (Wildman–Crippen MR) is 55.0 cm³/mol. The number of methoxy groups -OCH3 is 1. The highest BCUT2D eigenvalue weighted by molar-refractivity contribution is 5.70. The molecule has 0 aliphatic carbocycles. The van der Waals surface area contributed by atoms with Gasteiger partial charge in [-0.1, -0.05) is 6.07 Å². The highest BCUT2D eigenvalue weighted by atomic mass is 19.4. The van der Waals surface area contributed by atoms with E-state index in [1.165, 1.54) is 0 Å². The molecule has 0 bridgehead atoms. The Hall–Kier alpha value is -1.63. The Labute approximate surface area is 101 Å². The molecule has 0 saturated carbocycles. The van der Waals surface area contributed by atoms with Crippen LogP contribution in [0.25, 0.3) is 0 Å². The van der Waals surface area contributed by atoms with Gasteiger partial charge in [0.25, 0.3) is 0 Å². The van der Waals surface area contributed by atoms with Gasteiger partial charge >= 0.3 is 12.1 Å². The lowest BCUT2D eigenvalue weighted by molar-refractivity contribution is -0.141. The molecular weight excluding hydrogens is 254 g/mol. The Bertz CT molecular complexity index is 445. The van der Waals surface area contributed by atoms with Gasteiger partial charge in [0.05, 0.1) is 19.1 Å². The minimum absolute atomic E-state index is 0.0223. The molecule has 1 aromatic carbocycles. The smallest absolute Gasteiger partial charge is 0.419 e. The first-order valence-corrected chi connectivity index (χ1v) is 4.94. The number of alkyl halides is 3. The van der Waals surface area contributed by atoms with E-state index in [9.17, 15) is 22.4 Å². The standard InChI is InChI=1S/C11H11F4NO2/c1-18-10(17)5-9(16)6-2-3-8(12)7(4-6)11(13,14)15/h2-4,9H,5,16H2,1H3/t9-/m1/s1. The highest BCUT2D eigenvalue weighted by Crippen LogP contribution is 2.33. The van der Waals surface area contributed by atoms with E-state index < -0.39 is 29.6 Å². The molecule has 7 heteroatoms. The summed E-state index contributed by atoms with van der Waals surface area (Å²) in [5.74, 6) is -2.03. The second-order valence-corrected chi connectivity index (χ2v) is 3.62. The molecule has 0 spiro atoms. The second kappa shape index (κ2) is 5.34. The lowest BCUT2D eigenvalue weighted by Gasteiger charge is -2.14. The van der Waals surface area contributed by atoms with Crippen LogP contribution >= 0.6 is 0 Å². The summed E-state index contributed by atoms with van der Waals surface area (Å²) in [7, 11) is 1.14. The van der Waals surface area contributed by atoms with Gasteiger partial charge < -0.3 is 10.5 Å². The van der Waals surface area contributed by atoms with E-state index in [2.05, 4.69) is 4.74 Å². The van der Waals surface area contributed by atoms with Crippen molar-refractivity contribution in [3.05, 3.63) is 35.1 Å². The average molecular weight is 265 g/mol. The van der Waals surface area contributed by atoms with E-state index in [0.29, 0.717) is 12.1 Å². The molecule has 0 heterocycles. The van der Waals surface area contributed by atoms with Crippen LogP contribution in [0.5, 0.6) is 0 Å². The van der Waals surface area contributed by atoms with Crippen LogP contribution in [0, 0.1) is 5.82 Å². The number of halogens is 4. The first kappa shape index (κ1) is 14.4. The van der Waals surface area contributed by atoms with Crippen molar-refractivity contribution in [2.75, 3.05) is 7.11 Å². The molecule has 1 aromatic rings. The minimum Gasteiger partial charge on any atom is -0.469 e. The Balaban J connectivity index is 3.01. The first-order chi connectivity index (χ1) is 8.25. The van der Waals surface area contributed by atoms with E-state index in [4.69, 9.17) is 5.73 Å². The number of nitrogens with two attached hydrogens (primary N) is 1. The first-order valence-electron chi connectivity index (χ1n) is 4.94. The Kier molecular flexibility index (Phi) is 4.28. The van der Waals surface area contributed by atoms with E-state index in [0.717, 1.165) is 13.2 Å². The normalized spacial score (nSPS) is 13.2. The van der Waals surface area contributed by atoms with Gasteiger partial charge in [-0.3, -0.25) is 4.79 Å². The quantitative estimate of drug-likeness (QED) is 0.674. The number of rotatable bonds is 3. The van der Waals surface area contributed by atoms with Gasteiger partial charge in [0.2, 0.25) is 0 Å². The molecule has 0 amide bonds. The maximum Gasteiger partial charge on any atom is 0.419 e. The van der Waals surface area contributed by atoms with Gasteiger partial charge in [-0.05, 0) is 17.7 Å². The van der Waals surface area contributed by atoms with Crippen molar-refractivity contribution in [3.63, 3.8) is 0 Å². The minimum atomic E-state index is -4.80. The van der Waals surface area contributed by atoms with Crippen LogP contribution in [0.1, 0.15) is 23.6 Å². The number of carbonyl (C=O) groups is 1. The van der Waals surface area contributed by atoms with Crippen molar-refractivity contribution in [1.29, 1.82) is 0 Å². The van der Waals surface area contributed by atoms with Crippen molar-refractivity contribution >= 4 is 5.97 Å². The number of ether oxygens (including phenoxy) is 1. The molecule has 0 aliphatic heterocycles. The lowest BCUT2D eigenvalue weighted by atomic mass is 10.0. The topological polar surface area (TPSA) is 52.3 Å². The van der Waals surface area contributed by atoms with Gasteiger partial charge in [-0.2, -0.15) is 13.2 Å². The highest BCUT2D eigenvalue weighted by Gasteiger charge is 2.34. The largest absolute Gasteiger partial charge is 0.469 e. The molecule has 3 nitrogen and oxygen atoms in total. The zero-order chi connectivity index (χ0) is 13.9. The molecule has 0 fully saturated rings. The Morgan fingerprint density at radius 1 is 1.44 bits per heavy atom. The monoisotopic (exact) mass is 265 g/mol. The maximum atomic E-state index is 13.0. The molecule has 1 atom stereocenters. The predicted octanol–water partition coefficient (Wildman–Crippen LogP) is 2.41. The SMILES string of the molecule is COC(=O)C[C@@H](N)c1ccc(F)c(C(F)(F)F)c1. The lowest BCUT2D eigenvalue weighted by Crippen LogP contribution is -2.18. The molecule has 0 aromatic heterocycles. The third-order valence-corrected chi connectivity index (χ3v) is 2.34. The molecule has 0 radical (unpaired) electrons. The van der Waals surface area contributed by atoms with Crippen LogP contribution in [0.15, 0.2) is 18.2 Å². The number of esters is 1. The fraction of sp³-hybridized carbons (Fsp3) is 0.364. The summed E-state index contributed by atoms with van der Waals surface area (Å²) in [4.78, 5) is 10.9. The van der Waals surface area contributed by atoms with Crippen molar-refractivity contribution in [2.45, 2.75) is 18.6 Å². The van der Waals surface area contributed by atoms with Crippen LogP contribution < -0.4 is 5.73 Å². The molecule has 0 aliphatic rings. The van der Waals surface area contributed by atoms with Crippen molar-refractivity contribution < 1.29 is 27.1 Å². The molecule has 2 N–H and O–H groups in total. The van der Waals surface area contributed by atoms with Crippen molar-refractivity contribution in [1.82, 2.24) is 0 Å². The number of benzene rings is 1. The van der Waals surface area contributed by atoms with Gasteiger partial charge in [0, 0.05) is 6.04 Å². The molecule has 0 saturated heterocycles. The Morgan fingerprint density at radius 3 is 2.56 bits per heavy atom. The van der Waals surface area contributed by atoms with Gasteiger partial charge in [-0.15, -0.1) is 0 Å². The van der Waals surface area contributed by atoms with E-state index in [-0.39, 0.29) is 12.0 Å². The summed E-state index contributed by atoms with van der Waals surface area (Å²) in [5.41, 5.74) is 4.16. The molecule has 18 heavy (non-hydrogen) atoms.